The molecule has 0 aliphatic carbocycles. The lowest BCUT2D eigenvalue weighted by atomic mass is 10.3. The number of hydrogen-bond acceptors (Lipinski definition) is 2. The molecule has 0 saturated heterocycles. The normalized spacial score (nSPS) is 10.5. The van der Waals surface area contributed by atoms with Gasteiger partial charge in [0.25, 0.3) is 0 Å². The minimum Gasteiger partial charge on any atom is -0.305 e. The molecule has 5 nitrogen and oxygen atoms in total. The Kier molecular flexibility index (Phi) is 1.45. The number of aromatic nitrogens is 2. The summed E-state index contributed by atoms with van der Waals surface area (Å²) < 4.78 is 0.787. The lowest BCUT2D eigenvalue weighted by Gasteiger charge is -1.92. The number of amides is 1. The van der Waals surface area contributed by atoms with Gasteiger partial charge in [0.1, 0.15) is 0 Å². The fraction of sp³-hybridized carbons (Fsp3) is 0. The van der Waals surface area contributed by atoms with Crippen LogP contribution < -0.4 is 11.4 Å². The van der Waals surface area contributed by atoms with E-state index in [9.17, 15) is 9.59 Å². The lowest BCUT2D eigenvalue weighted by molar-refractivity contribution is 0.249. The number of nitrogens with one attached hydrogen (secondary N) is 2. The van der Waals surface area contributed by atoms with Gasteiger partial charge in [0.2, 0.25) is 0 Å². The van der Waals surface area contributed by atoms with Gasteiger partial charge in [-0.2, -0.15) is 0 Å². The molecule has 0 spiro atoms. The molecule has 0 bridgehead atoms. The highest BCUT2D eigenvalue weighted by molar-refractivity contribution is 5.87. The molecular weight excluding hydrogens is 170 g/mol. The summed E-state index contributed by atoms with van der Waals surface area (Å²) in [6.07, 6.45) is 0. The number of fused-ring (bicyclic) bond motifs is 1. The van der Waals surface area contributed by atoms with Crippen LogP contribution in [0.5, 0.6) is 0 Å². The molecule has 2 N–H and O–H groups in total. The molecule has 1 amide bonds. The topological polar surface area (TPSA) is 78.7 Å². The largest absolute Gasteiger partial charge is 0.349 e. The number of aromatic amines is 1. The summed E-state index contributed by atoms with van der Waals surface area (Å²) in [6, 6.07) is 5.71. The van der Waals surface area contributed by atoms with Crippen molar-refractivity contribution >= 4 is 17.1 Å². The van der Waals surface area contributed by atoms with Crippen LogP contribution in [0.3, 0.4) is 0 Å². The summed E-state index contributed by atoms with van der Waals surface area (Å²) in [5.74, 6) is 0. The lowest BCUT2D eigenvalue weighted by Crippen LogP contribution is -2.23. The highest BCUT2D eigenvalue weighted by Gasteiger charge is 2.09. The van der Waals surface area contributed by atoms with Crippen molar-refractivity contribution in [1.82, 2.24) is 15.3 Å². The van der Waals surface area contributed by atoms with Gasteiger partial charge in [0.05, 0.1) is 11.0 Å². The van der Waals surface area contributed by atoms with E-state index in [0.29, 0.717) is 11.0 Å². The van der Waals surface area contributed by atoms with Crippen LogP contribution in [0.1, 0.15) is 0 Å². The van der Waals surface area contributed by atoms with Crippen LogP contribution >= 0.6 is 0 Å². The summed E-state index contributed by atoms with van der Waals surface area (Å²) in [7, 11) is 0. The molecule has 2 rings (SSSR count). The molecule has 0 aliphatic heterocycles. The molecule has 2 aromatic rings. The van der Waals surface area contributed by atoms with Crippen LogP contribution in [0, 0.1) is 0 Å². The van der Waals surface area contributed by atoms with E-state index in [4.69, 9.17) is 5.73 Å². The Hall–Kier alpha value is -2.04. The summed E-state index contributed by atoms with van der Waals surface area (Å²) in [5, 5.41) is 0. The molecule has 13 heavy (non-hydrogen) atoms. The Balaban J connectivity index is 2.95. The van der Waals surface area contributed by atoms with Gasteiger partial charge in [0, 0.05) is 0 Å². The van der Waals surface area contributed by atoms with Gasteiger partial charge in [-0.25, -0.2) is 19.9 Å². The average molecular weight is 176 g/mol. The molecule has 1 heterocycles. The third kappa shape index (κ3) is 1.01. The molecule has 1 aromatic carbocycles. The highest BCUT2D eigenvalue weighted by Crippen LogP contribution is 2.07. The molecule has 5 heteroatoms. The number of H-pyrrole nitrogens is 1. The van der Waals surface area contributed by atoms with E-state index >= 15 is 0 Å². The van der Waals surface area contributed by atoms with Crippen LogP contribution in [0.15, 0.2) is 29.1 Å². The highest BCUT2D eigenvalue weighted by atomic mass is 16.2. The second-order valence-electron chi connectivity index (χ2n) is 2.59. The van der Waals surface area contributed by atoms with Crippen LogP contribution in [0.4, 0.5) is 4.79 Å². The first-order valence-corrected chi connectivity index (χ1v) is 3.66. The maximum atomic E-state index is 11.1. The summed E-state index contributed by atoms with van der Waals surface area (Å²) in [5.41, 5.74) is 7.29. The molecule has 1 aromatic heterocycles. The van der Waals surface area contributed by atoms with Crippen molar-refractivity contribution in [2.45, 2.75) is 0 Å². The number of benzene rings is 1. The first-order valence-electron chi connectivity index (χ1n) is 3.66. The third-order valence-electron chi connectivity index (χ3n) is 1.79. The summed E-state index contributed by atoms with van der Waals surface area (Å²) >= 11 is 0. The van der Waals surface area contributed by atoms with E-state index in [1.807, 2.05) is 0 Å². The van der Waals surface area contributed by atoms with E-state index in [1.54, 1.807) is 24.3 Å². The Morgan fingerprint density at radius 1 is 1.38 bits per heavy atom. The fourth-order valence-electron chi connectivity index (χ4n) is 1.26. The van der Waals surface area contributed by atoms with E-state index < -0.39 is 11.7 Å². The van der Waals surface area contributed by atoms with Crippen molar-refractivity contribution in [2.75, 3.05) is 0 Å². The second kappa shape index (κ2) is 2.48. The first-order chi connectivity index (χ1) is 6.20. The van der Waals surface area contributed by atoms with Crippen LogP contribution in [0.2, 0.25) is 0 Å². The van der Waals surface area contributed by atoms with Crippen molar-refractivity contribution in [2.24, 2.45) is 0 Å². The molecule has 0 fully saturated rings. The Morgan fingerprint density at radius 3 is 2.77 bits per heavy atom. The van der Waals surface area contributed by atoms with E-state index in [-0.39, 0.29) is 0 Å². The zero-order valence-electron chi connectivity index (χ0n) is 6.57. The SMILES string of the molecule is [NH]C(=O)n1c(=O)[nH]c2ccccc21. The first kappa shape index (κ1) is 7.60. The molecule has 0 saturated carbocycles. The number of hydrogen-bond donors (Lipinski definition) is 1. The zero-order valence-corrected chi connectivity index (χ0v) is 6.57. The molecule has 0 aliphatic rings. The van der Waals surface area contributed by atoms with E-state index in [1.165, 1.54) is 0 Å². The van der Waals surface area contributed by atoms with Gasteiger partial charge in [-0.15, -0.1) is 0 Å². The number of rotatable bonds is 0. The standard InChI is InChI=1S/C8H6N3O2/c9-7(12)11-6-4-2-1-3-5(6)10-8(11)13/h1-4,9H,(H,10,13). The van der Waals surface area contributed by atoms with Crippen molar-refractivity contribution in [3.05, 3.63) is 34.7 Å². The fourth-order valence-corrected chi connectivity index (χ4v) is 1.26. The predicted octanol–water partition coefficient (Wildman–Crippen LogP) is 0.581. The monoisotopic (exact) mass is 176 g/mol. The molecular formula is C8H6N3O2. The summed E-state index contributed by atoms with van der Waals surface area (Å²) in [6.45, 7) is 0. The Labute approximate surface area is 72.8 Å². The van der Waals surface area contributed by atoms with Gasteiger partial charge >= 0.3 is 11.7 Å². The number of nitrogens with zero attached hydrogens (tertiary/aromatic N) is 1. The maximum absolute atomic E-state index is 11.1. The Morgan fingerprint density at radius 2 is 2.08 bits per heavy atom. The average Bonchev–Trinajstić information content (AvgIpc) is 2.39. The van der Waals surface area contributed by atoms with Gasteiger partial charge in [-0.3, -0.25) is 0 Å². The molecule has 0 atom stereocenters. The van der Waals surface area contributed by atoms with Crippen molar-refractivity contribution in [1.29, 1.82) is 0 Å². The van der Waals surface area contributed by atoms with Crippen LogP contribution in [-0.2, 0) is 0 Å². The van der Waals surface area contributed by atoms with Gasteiger partial charge in [-0.05, 0) is 12.1 Å². The number of carbonyl (C=O) groups excluding carboxylic acids is 1. The van der Waals surface area contributed by atoms with Crippen molar-refractivity contribution in [3.8, 4) is 0 Å². The number of para-hydroxylation sites is 2. The van der Waals surface area contributed by atoms with Gasteiger partial charge in [0.15, 0.2) is 0 Å². The molecule has 0 unspecified atom stereocenters. The van der Waals surface area contributed by atoms with Crippen LogP contribution in [-0.4, -0.2) is 15.6 Å². The minimum atomic E-state index is -1.03. The molecule has 65 valence electrons. The summed E-state index contributed by atoms with van der Waals surface area (Å²) in [4.78, 5) is 24.4. The van der Waals surface area contributed by atoms with Crippen LogP contribution in [0.25, 0.3) is 11.0 Å². The second-order valence-corrected chi connectivity index (χ2v) is 2.59. The van der Waals surface area contributed by atoms with Crippen molar-refractivity contribution in [3.63, 3.8) is 0 Å². The predicted molar refractivity (Wildman–Crippen MR) is 46.4 cm³/mol. The smallest absolute Gasteiger partial charge is 0.305 e. The number of imidazole rings is 1. The third-order valence-corrected chi connectivity index (χ3v) is 1.79. The minimum absolute atomic E-state index is 0.438. The van der Waals surface area contributed by atoms with Crippen molar-refractivity contribution < 1.29 is 4.79 Å². The Bertz CT molecular complexity index is 523. The van der Waals surface area contributed by atoms with E-state index in [0.717, 1.165) is 4.57 Å². The quantitative estimate of drug-likeness (QED) is 0.637. The van der Waals surface area contributed by atoms with E-state index in [2.05, 4.69) is 4.98 Å². The van der Waals surface area contributed by atoms with Gasteiger partial charge < -0.3 is 4.98 Å². The molecule has 1 radical (unpaired) electrons. The maximum Gasteiger partial charge on any atom is 0.349 e. The number of carbonyl (C=O) groups is 1. The van der Waals surface area contributed by atoms with Gasteiger partial charge in [-0.1, -0.05) is 12.1 Å². The zero-order chi connectivity index (χ0) is 9.42.